The summed E-state index contributed by atoms with van der Waals surface area (Å²) in [6, 6.07) is 16.6. The Morgan fingerprint density at radius 3 is 2.45 bits per heavy atom. The second-order valence-electron chi connectivity index (χ2n) is 8.18. The summed E-state index contributed by atoms with van der Waals surface area (Å²) in [7, 11) is 3.04. The molecule has 1 aliphatic rings. The summed E-state index contributed by atoms with van der Waals surface area (Å²) in [5.41, 5.74) is 1.27. The first-order valence-electron chi connectivity index (χ1n) is 10.5. The summed E-state index contributed by atoms with van der Waals surface area (Å²) >= 11 is 6.63. The lowest BCUT2D eigenvalue weighted by molar-refractivity contribution is -0.139. The van der Waals surface area contributed by atoms with Crippen molar-refractivity contribution in [2.75, 3.05) is 14.2 Å². The normalized spacial score (nSPS) is 17.5. The molecule has 0 amide bonds. The summed E-state index contributed by atoms with van der Waals surface area (Å²) < 4.78 is 23.1. The number of hydrogen-bond acceptors (Lipinski definition) is 6. The van der Waals surface area contributed by atoms with E-state index in [1.165, 1.54) is 14.2 Å². The number of benzene rings is 3. The number of aliphatic hydroxyl groups is 1. The quantitative estimate of drug-likeness (QED) is 0.409. The van der Waals surface area contributed by atoms with E-state index in [1.807, 2.05) is 30.3 Å². The van der Waals surface area contributed by atoms with Crippen LogP contribution in [-0.4, -0.2) is 30.9 Å². The van der Waals surface area contributed by atoms with E-state index in [0.717, 1.165) is 5.56 Å². The Morgan fingerprint density at radius 1 is 1.00 bits per heavy atom. The fraction of sp³-hybridized carbons (Fsp3) is 0.269. The van der Waals surface area contributed by atoms with Gasteiger partial charge in [-0.1, -0.05) is 48.0 Å². The van der Waals surface area contributed by atoms with Crippen LogP contribution in [0.3, 0.4) is 0 Å². The van der Waals surface area contributed by atoms with E-state index >= 15 is 0 Å². The third-order valence-electron chi connectivity index (χ3n) is 5.51. The van der Waals surface area contributed by atoms with E-state index in [4.69, 9.17) is 30.5 Å². The molecular weight excluding hydrogens is 444 g/mol. The average molecular weight is 469 g/mol. The second kappa shape index (κ2) is 9.33. The molecule has 3 aromatic rings. The van der Waals surface area contributed by atoms with E-state index in [9.17, 15) is 9.90 Å². The highest BCUT2D eigenvalue weighted by atomic mass is 35.5. The second-order valence-corrected chi connectivity index (χ2v) is 8.58. The summed E-state index contributed by atoms with van der Waals surface area (Å²) in [6.07, 6.45) is -0.0985. The van der Waals surface area contributed by atoms with E-state index in [-0.39, 0.29) is 18.6 Å². The maximum absolute atomic E-state index is 12.6. The highest BCUT2D eigenvalue weighted by Crippen LogP contribution is 2.51. The van der Waals surface area contributed by atoms with Gasteiger partial charge in [0.15, 0.2) is 0 Å². The SMILES string of the molecule is COc1cccc2c1-c1c(c(OCc3ccccc3)cc(Cl)c1OC)CC(C)(O)CC(=O)O2. The van der Waals surface area contributed by atoms with Crippen LogP contribution in [0.1, 0.15) is 24.5 Å². The van der Waals surface area contributed by atoms with E-state index in [2.05, 4.69) is 0 Å². The minimum atomic E-state index is -1.40. The van der Waals surface area contributed by atoms with E-state index in [1.54, 1.807) is 31.2 Å². The first-order valence-corrected chi connectivity index (χ1v) is 10.9. The Labute approximate surface area is 197 Å². The minimum absolute atomic E-state index is 0.104. The molecule has 4 rings (SSSR count). The smallest absolute Gasteiger partial charge is 0.314 e. The van der Waals surface area contributed by atoms with Crippen LogP contribution in [0.5, 0.6) is 23.0 Å². The molecule has 0 radical (unpaired) electrons. The van der Waals surface area contributed by atoms with E-state index < -0.39 is 11.6 Å². The molecule has 0 saturated carbocycles. The minimum Gasteiger partial charge on any atom is -0.496 e. The van der Waals surface area contributed by atoms with Crippen LogP contribution in [0.4, 0.5) is 0 Å². The molecule has 0 saturated heterocycles. The average Bonchev–Trinajstić information content (AvgIpc) is 2.82. The fourth-order valence-electron chi connectivity index (χ4n) is 4.08. The number of methoxy groups -OCH3 is 2. The van der Waals surface area contributed by atoms with Gasteiger partial charge in [-0.3, -0.25) is 4.79 Å². The van der Waals surface area contributed by atoms with Crippen LogP contribution >= 0.6 is 11.6 Å². The lowest BCUT2D eigenvalue weighted by Gasteiger charge is -2.26. The van der Waals surface area contributed by atoms with Gasteiger partial charge >= 0.3 is 5.97 Å². The van der Waals surface area contributed by atoms with Gasteiger partial charge in [0.25, 0.3) is 0 Å². The lowest BCUT2D eigenvalue weighted by atomic mass is 9.87. The van der Waals surface area contributed by atoms with Crippen LogP contribution in [0.25, 0.3) is 11.1 Å². The molecule has 33 heavy (non-hydrogen) atoms. The fourth-order valence-corrected chi connectivity index (χ4v) is 4.35. The van der Waals surface area contributed by atoms with Crippen molar-refractivity contribution in [2.45, 2.75) is 32.0 Å². The molecule has 0 fully saturated rings. The Morgan fingerprint density at radius 2 is 1.76 bits per heavy atom. The van der Waals surface area contributed by atoms with Crippen LogP contribution in [0, 0.1) is 0 Å². The first-order chi connectivity index (χ1) is 15.8. The molecule has 1 N–H and O–H groups in total. The molecule has 0 spiro atoms. The summed E-state index contributed by atoms with van der Waals surface area (Å²) in [6.45, 7) is 1.89. The standard InChI is InChI=1S/C26H25ClO6/c1-26(29)13-17-21(32-15-16-8-5-4-6-9-16)12-18(27)25(31-3)23(17)24-19(30-2)10-7-11-20(24)33-22(28)14-26/h4-12,29H,13-15H2,1-3H3. The first kappa shape index (κ1) is 23.0. The highest BCUT2D eigenvalue weighted by molar-refractivity contribution is 6.33. The zero-order chi connectivity index (χ0) is 23.6. The Balaban J connectivity index is 1.98. The third-order valence-corrected chi connectivity index (χ3v) is 5.79. The van der Waals surface area contributed by atoms with Gasteiger partial charge in [-0.2, -0.15) is 0 Å². The molecule has 7 heteroatoms. The monoisotopic (exact) mass is 468 g/mol. The van der Waals surface area contributed by atoms with Crippen molar-refractivity contribution in [1.82, 2.24) is 0 Å². The molecule has 0 aliphatic carbocycles. The van der Waals surface area contributed by atoms with Gasteiger partial charge in [0.1, 0.15) is 29.6 Å². The zero-order valence-corrected chi connectivity index (χ0v) is 19.4. The van der Waals surface area contributed by atoms with Gasteiger partial charge in [0, 0.05) is 23.6 Å². The van der Waals surface area contributed by atoms with E-state index in [0.29, 0.717) is 45.6 Å². The van der Waals surface area contributed by atoms with Gasteiger partial charge < -0.3 is 24.1 Å². The van der Waals surface area contributed by atoms with Crippen molar-refractivity contribution in [3.8, 4) is 34.1 Å². The number of carbonyl (C=O) groups excluding carboxylic acids is 1. The number of hydrogen-bond donors (Lipinski definition) is 1. The van der Waals surface area contributed by atoms with Crippen LogP contribution in [0.15, 0.2) is 54.6 Å². The molecule has 0 aromatic heterocycles. The van der Waals surface area contributed by atoms with Crippen LogP contribution in [-0.2, 0) is 17.8 Å². The molecule has 1 heterocycles. The maximum Gasteiger partial charge on any atom is 0.314 e. The van der Waals surface area contributed by atoms with Crippen LogP contribution in [0.2, 0.25) is 5.02 Å². The number of rotatable bonds is 5. The summed E-state index contributed by atoms with van der Waals surface area (Å²) in [5.74, 6) is 1.05. The van der Waals surface area contributed by atoms with Crippen molar-refractivity contribution >= 4 is 17.6 Å². The van der Waals surface area contributed by atoms with Gasteiger partial charge in [-0.25, -0.2) is 0 Å². The predicted molar refractivity (Wildman–Crippen MR) is 125 cm³/mol. The third kappa shape index (κ3) is 4.77. The highest BCUT2D eigenvalue weighted by Gasteiger charge is 2.35. The lowest BCUT2D eigenvalue weighted by Crippen LogP contribution is -2.32. The molecule has 1 atom stereocenters. The van der Waals surface area contributed by atoms with Gasteiger partial charge in [0.05, 0.1) is 36.8 Å². The number of fused-ring (bicyclic) bond motifs is 3. The molecule has 0 bridgehead atoms. The molecule has 172 valence electrons. The van der Waals surface area contributed by atoms with Gasteiger partial charge in [-0.15, -0.1) is 0 Å². The van der Waals surface area contributed by atoms with Crippen molar-refractivity contribution < 1.29 is 28.8 Å². The van der Waals surface area contributed by atoms with Crippen molar-refractivity contribution in [2.24, 2.45) is 0 Å². The predicted octanol–water partition coefficient (Wildman–Crippen LogP) is 5.21. The number of halogens is 1. The van der Waals surface area contributed by atoms with Crippen molar-refractivity contribution in [3.63, 3.8) is 0 Å². The largest absolute Gasteiger partial charge is 0.496 e. The molecular formula is C26H25ClO6. The molecule has 1 aliphatic heterocycles. The maximum atomic E-state index is 12.6. The zero-order valence-electron chi connectivity index (χ0n) is 18.7. The summed E-state index contributed by atoms with van der Waals surface area (Å²) in [4.78, 5) is 12.6. The Bertz CT molecular complexity index is 1170. The van der Waals surface area contributed by atoms with Crippen molar-refractivity contribution in [3.05, 3.63) is 70.7 Å². The van der Waals surface area contributed by atoms with Crippen molar-refractivity contribution in [1.29, 1.82) is 0 Å². The molecule has 6 nitrogen and oxygen atoms in total. The van der Waals surface area contributed by atoms with Gasteiger partial charge in [-0.05, 0) is 24.6 Å². The topological polar surface area (TPSA) is 74.2 Å². The molecule has 1 unspecified atom stereocenters. The number of esters is 1. The molecule has 3 aromatic carbocycles. The van der Waals surface area contributed by atoms with Crippen LogP contribution < -0.4 is 18.9 Å². The summed E-state index contributed by atoms with van der Waals surface area (Å²) in [5, 5.41) is 11.4. The van der Waals surface area contributed by atoms with Gasteiger partial charge in [0.2, 0.25) is 0 Å². The Hall–Kier alpha value is -3.22. The number of ether oxygens (including phenoxy) is 4. The number of carbonyl (C=O) groups is 1. The Kier molecular flexibility index (Phi) is 6.49.